The summed E-state index contributed by atoms with van der Waals surface area (Å²) in [5, 5.41) is 12.0. The van der Waals surface area contributed by atoms with Gasteiger partial charge in [0.15, 0.2) is 0 Å². The highest BCUT2D eigenvalue weighted by Gasteiger charge is 2.16. The second kappa shape index (κ2) is 8.25. The molecule has 1 aliphatic carbocycles. The Morgan fingerprint density at radius 2 is 1.94 bits per heavy atom. The Bertz CT molecular complexity index is 1490. The van der Waals surface area contributed by atoms with Crippen LogP contribution in [0.5, 0.6) is 0 Å². The van der Waals surface area contributed by atoms with E-state index < -0.39 is 0 Å². The fraction of sp³-hybridized carbons (Fsp3) is 0.292. The lowest BCUT2D eigenvalue weighted by molar-refractivity contribution is 0.301. The van der Waals surface area contributed by atoms with Crippen molar-refractivity contribution in [2.75, 3.05) is 6.54 Å². The number of fused-ring (bicyclic) bond motifs is 2. The summed E-state index contributed by atoms with van der Waals surface area (Å²) in [6.07, 6.45) is 11.7. The first kappa shape index (κ1) is 19.8. The Morgan fingerprint density at radius 3 is 2.82 bits per heavy atom. The smallest absolute Gasteiger partial charge is 0.258 e. The number of aromatic nitrogens is 7. The largest absolute Gasteiger partial charge is 0.312 e. The molecule has 1 aliphatic rings. The molecular formula is C24H24N8O. The summed E-state index contributed by atoms with van der Waals surface area (Å²) in [4.78, 5) is 21.6. The normalized spacial score (nSPS) is 14.2. The number of hydrogen-bond donors (Lipinski definition) is 1. The second-order valence-electron chi connectivity index (χ2n) is 8.67. The summed E-state index contributed by atoms with van der Waals surface area (Å²) in [7, 11) is 0. The van der Waals surface area contributed by atoms with Gasteiger partial charge >= 0.3 is 0 Å². The topological polar surface area (TPSA) is 94.4 Å². The van der Waals surface area contributed by atoms with E-state index in [0.717, 1.165) is 30.3 Å². The molecule has 0 radical (unpaired) electrons. The molecule has 0 aromatic carbocycles. The van der Waals surface area contributed by atoms with Crippen LogP contribution >= 0.6 is 0 Å². The van der Waals surface area contributed by atoms with Crippen LogP contribution in [0.1, 0.15) is 30.5 Å². The molecule has 1 saturated carbocycles. The molecule has 0 spiro atoms. The lowest BCUT2D eigenvalue weighted by Gasteiger charge is -2.25. The monoisotopic (exact) mass is 440 g/mol. The van der Waals surface area contributed by atoms with Crippen molar-refractivity contribution < 1.29 is 0 Å². The number of hydrogen-bond acceptors (Lipinski definition) is 6. The van der Waals surface area contributed by atoms with Crippen LogP contribution < -0.4 is 10.9 Å². The Hall–Kier alpha value is -3.85. The third-order valence-corrected chi connectivity index (χ3v) is 6.25. The number of nitrogens with zero attached hydrogens (tertiary/aromatic N) is 7. The summed E-state index contributed by atoms with van der Waals surface area (Å²) in [5.41, 5.74) is 4.52. The van der Waals surface area contributed by atoms with E-state index in [1.807, 2.05) is 18.3 Å². The minimum atomic E-state index is -0.150. The molecule has 6 rings (SSSR count). The zero-order chi connectivity index (χ0) is 22.2. The van der Waals surface area contributed by atoms with E-state index in [4.69, 9.17) is 4.98 Å². The number of pyridine rings is 2. The highest BCUT2D eigenvalue weighted by atomic mass is 16.1. The maximum atomic E-state index is 12.4. The third kappa shape index (κ3) is 4.03. The van der Waals surface area contributed by atoms with E-state index in [9.17, 15) is 4.79 Å². The van der Waals surface area contributed by atoms with Gasteiger partial charge in [-0.05, 0) is 49.1 Å². The molecule has 0 saturated heterocycles. The van der Waals surface area contributed by atoms with Gasteiger partial charge in [0.25, 0.3) is 5.56 Å². The molecule has 5 aromatic heterocycles. The fourth-order valence-corrected chi connectivity index (χ4v) is 4.23. The van der Waals surface area contributed by atoms with E-state index in [-0.39, 0.29) is 5.56 Å². The minimum Gasteiger partial charge on any atom is -0.312 e. The van der Waals surface area contributed by atoms with Crippen LogP contribution in [-0.4, -0.2) is 40.3 Å². The van der Waals surface area contributed by atoms with Crippen molar-refractivity contribution in [1.82, 2.24) is 39.1 Å². The molecule has 166 valence electrons. The Labute approximate surface area is 189 Å². The van der Waals surface area contributed by atoms with E-state index in [1.165, 1.54) is 35.3 Å². The molecule has 0 atom stereocenters. The molecule has 0 amide bonds. The molecule has 5 aromatic rings. The summed E-state index contributed by atoms with van der Waals surface area (Å²) < 4.78 is 5.27. The van der Waals surface area contributed by atoms with Crippen molar-refractivity contribution in [3.8, 4) is 11.4 Å². The lowest BCUT2D eigenvalue weighted by Crippen LogP contribution is -2.26. The van der Waals surface area contributed by atoms with Gasteiger partial charge in [0.2, 0.25) is 0 Å². The number of nitrogens with one attached hydrogen (secondary N) is 1. The first-order valence-electron chi connectivity index (χ1n) is 11.3. The maximum absolute atomic E-state index is 12.4. The molecule has 1 N–H and O–H groups in total. The van der Waals surface area contributed by atoms with Crippen LogP contribution in [0.3, 0.4) is 0 Å². The fourth-order valence-electron chi connectivity index (χ4n) is 4.23. The summed E-state index contributed by atoms with van der Waals surface area (Å²) in [6, 6.07) is 11.1. The first-order valence-corrected chi connectivity index (χ1v) is 11.3. The van der Waals surface area contributed by atoms with E-state index in [0.29, 0.717) is 23.6 Å². The Morgan fingerprint density at radius 1 is 1.00 bits per heavy atom. The number of rotatable bonds is 7. The predicted octanol–water partition coefficient (Wildman–Crippen LogP) is 2.54. The molecular weight excluding hydrogens is 416 g/mol. The predicted molar refractivity (Wildman–Crippen MR) is 124 cm³/mol. The van der Waals surface area contributed by atoms with Crippen LogP contribution in [0.4, 0.5) is 0 Å². The third-order valence-electron chi connectivity index (χ3n) is 6.25. The average molecular weight is 441 g/mol. The number of imidazole rings is 1. The van der Waals surface area contributed by atoms with Gasteiger partial charge in [-0.15, -0.1) is 5.10 Å². The molecule has 0 aliphatic heterocycles. The van der Waals surface area contributed by atoms with Crippen LogP contribution in [-0.2, 0) is 13.1 Å². The van der Waals surface area contributed by atoms with Crippen molar-refractivity contribution in [2.45, 2.75) is 32.4 Å². The highest BCUT2D eigenvalue weighted by Crippen LogP contribution is 2.25. The van der Waals surface area contributed by atoms with Gasteiger partial charge < -0.3 is 9.72 Å². The molecule has 5 heterocycles. The quantitative estimate of drug-likeness (QED) is 0.418. The van der Waals surface area contributed by atoms with E-state index in [2.05, 4.69) is 37.3 Å². The van der Waals surface area contributed by atoms with Gasteiger partial charge in [-0.3, -0.25) is 9.20 Å². The second-order valence-corrected chi connectivity index (χ2v) is 8.67. The van der Waals surface area contributed by atoms with Gasteiger partial charge in [0, 0.05) is 31.2 Å². The summed E-state index contributed by atoms with van der Waals surface area (Å²) in [6.45, 7) is 2.45. The van der Waals surface area contributed by atoms with Crippen molar-refractivity contribution in [2.24, 2.45) is 5.92 Å². The van der Waals surface area contributed by atoms with E-state index in [1.54, 1.807) is 29.2 Å². The van der Waals surface area contributed by atoms with Crippen LogP contribution in [0.15, 0.2) is 66.0 Å². The van der Waals surface area contributed by atoms with Crippen molar-refractivity contribution >= 4 is 11.3 Å². The van der Waals surface area contributed by atoms with Gasteiger partial charge in [0.1, 0.15) is 22.7 Å². The molecule has 0 bridgehead atoms. The summed E-state index contributed by atoms with van der Waals surface area (Å²) >= 11 is 0. The van der Waals surface area contributed by atoms with E-state index >= 15 is 0 Å². The van der Waals surface area contributed by atoms with Crippen molar-refractivity contribution in [1.29, 1.82) is 0 Å². The van der Waals surface area contributed by atoms with Crippen molar-refractivity contribution in [3.05, 3.63) is 82.8 Å². The Balaban J connectivity index is 1.18. The molecule has 1 fully saturated rings. The van der Waals surface area contributed by atoms with Gasteiger partial charge in [-0.1, -0.05) is 23.8 Å². The van der Waals surface area contributed by atoms with Gasteiger partial charge in [-0.25, -0.2) is 14.6 Å². The first-order chi connectivity index (χ1) is 16.2. The zero-order valence-electron chi connectivity index (χ0n) is 18.1. The Kier molecular flexibility index (Phi) is 4.95. The van der Waals surface area contributed by atoms with Crippen LogP contribution in [0, 0.1) is 5.92 Å². The molecule has 9 nitrogen and oxygen atoms in total. The van der Waals surface area contributed by atoms with Crippen molar-refractivity contribution in [3.63, 3.8) is 0 Å². The highest BCUT2D eigenvalue weighted by molar-refractivity contribution is 5.56. The molecule has 0 unspecified atom stereocenters. The SMILES string of the molecule is O=c1cc(-c2cn(Cc3cn4cc(CNCC5CCC5)ccc4n3)nn2)nc2ccccn12. The summed E-state index contributed by atoms with van der Waals surface area (Å²) in [5.74, 6) is 0.852. The maximum Gasteiger partial charge on any atom is 0.258 e. The standard InChI is InChI=1S/C24H24N8O/c33-24-10-20(27-23-6-1-2-9-32(23)24)21-16-31(29-28-21)15-19-14-30-13-18(7-8-22(30)26-19)12-25-11-17-4-3-5-17/h1-2,6-10,13-14,16-17,25H,3-5,11-12,15H2. The molecule has 33 heavy (non-hydrogen) atoms. The zero-order valence-corrected chi connectivity index (χ0v) is 18.1. The van der Waals surface area contributed by atoms with Gasteiger partial charge in [-0.2, -0.15) is 0 Å². The lowest BCUT2D eigenvalue weighted by atomic mass is 9.85. The molecule has 9 heteroatoms. The van der Waals surface area contributed by atoms with Crippen LogP contribution in [0.2, 0.25) is 0 Å². The minimum absolute atomic E-state index is 0.150. The van der Waals surface area contributed by atoms with Crippen LogP contribution in [0.25, 0.3) is 22.7 Å². The van der Waals surface area contributed by atoms with Gasteiger partial charge in [0.05, 0.1) is 18.4 Å². The average Bonchev–Trinajstić information content (AvgIpc) is 3.42.